The summed E-state index contributed by atoms with van der Waals surface area (Å²) in [6.45, 7) is 6.30. The molecule has 0 amide bonds. The predicted molar refractivity (Wildman–Crippen MR) is 140 cm³/mol. The molecular weight excluding hydrogens is 474 g/mol. The lowest BCUT2D eigenvalue weighted by Crippen LogP contribution is -2.51. The monoisotopic (exact) mass is 505 g/mol. The smallest absolute Gasteiger partial charge is 0.354 e. The maximum absolute atomic E-state index is 13.3. The van der Waals surface area contributed by atoms with E-state index < -0.39 is 10.0 Å². The number of benzene rings is 2. The number of hydrogen-bond donors (Lipinski definition) is 1. The first-order valence-corrected chi connectivity index (χ1v) is 14.3. The van der Waals surface area contributed by atoms with Gasteiger partial charge >= 0.3 is 5.97 Å². The Bertz CT molecular complexity index is 1490. The van der Waals surface area contributed by atoms with E-state index in [1.807, 2.05) is 19.1 Å². The molecule has 8 heteroatoms. The van der Waals surface area contributed by atoms with Gasteiger partial charge in [0, 0.05) is 28.7 Å². The van der Waals surface area contributed by atoms with Gasteiger partial charge in [0.15, 0.2) is 0 Å². The van der Waals surface area contributed by atoms with Crippen molar-refractivity contribution in [2.75, 3.05) is 24.4 Å². The van der Waals surface area contributed by atoms with Crippen LogP contribution in [0.1, 0.15) is 50.4 Å². The van der Waals surface area contributed by atoms with E-state index in [9.17, 15) is 13.2 Å². The first-order chi connectivity index (χ1) is 17.4. The lowest BCUT2D eigenvalue weighted by molar-refractivity contribution is -0.136. The lowest BCUT2D eigenvalue weighted by atomic mass is 9.66. The maximum atomic E-state index is 13.3. The van der Waals surface area contributed by atoms with Crippen molar-refractivity contribution >= 4 is 38.3 Å². The van der Waals surface area contributed by atoms with Crippen molar-refractivity contribution in [2.45, 2.75) is 50.5 Å². The fourth-order valence-electron chi connectivity index (χ4n) is 6.55. The van der Waals surface area contributed by atoms with Crippen molar-refractivity contribution in [2.24, 2.45) is 5.41 Å². The van der Waals surface area contributed by atoms with E-state index in [1.54, 1.807) is 36.4 Å². The molecular formula is C28H31N3O4S. The van der Waals surface area contributed by atoms with Gasteiger partial charge < -0.3 is 9.30 Å². The highest BCUT2D eigenvalue weighted by Gasteiger charge is 2.51. The van der Waals surface area contributed by atoms with Gasteiger partial charge in [0.05, 0.1) is 23.1 Å². The zero-order chi connectivity index (χ0) is 25.1. The molecule has 188 valence electrons. The Morgan fingerprint density at radius 3 is 2.69 bits per heavy atom. The van der Waals surface area contributed by atoms with Crippen molar-refractivity contribution in [3.05, 3.63) is 65.9 Å². The molecule has 2 aromatic carbocycles. The minimum atomic E-state index is -3.77. The molecule has 0 saturated carbocycles. The van der Waals surface area contributed by atoms with Crippen molar-refractivity contribution in [1.29, 1.82) is 0 Å². The number of carbonyl (C=O) groups excluding carboxylic acids is 1. The average molecular weight is 506 g/mol. The van der Waals surface area contributed by atoms with Crippen LogP contribution in [0.25, 0.3) is 16.6 Å². The van der Waals surface area contributed by atoms with Crippen LogP contribution in [0.15, 0.2) is 59.5 Å². The Morgan fingerprint density at radius 2 is 1.94 bits per heavy atom. The highest BCUT2D eigenvalue weighted by molar-refractivity contribution is 7.92. The van der Waals surface area contributed by atoms with Crippen LogP contribution in [0.2, 0.25) is 0 Å². The molecule has 0 radical (unpaired) electrons. The van der Waals surface area contributed by atoms with Crippen LogP contribution >= 0.6 is 0 Å². The number of nitrogens with zero attached hydrogens (tertiary/aromatic N) is 2. The Labute approximate surface area is 211 Å². The lowest BCUT2D eigenvalue weighted by Gasteiger charge is -2.53. The Kier molecular flexibility index (Phi) is 5.50. The van der Waals surface area contributed by atoms with Crippen LogP contribution in [-0.4, -0.2) is 43.6 Å². The summed E-state index contributed by atoms with van der Waals surface area (Å²) in [6, 6.07) is 14.3. The Hall–Kier alpha value is -3.10. The molecule has 1 saturated heterocycles. The van der Waals surface area contributed by atoms with E-state index in [2.05, 4.69) is 27.2 Å². The van der Waals surface area contributed by atoms with Crippen LogP contribution in [-0.2, 0) is 26.0 Å². The standard InChI is InChI=1S/C28H31N3O4S/c1-3-28-14-8-15-30-16-13-21-22-17-20(36(33,34)29-19-9-6-5-7-10-19)11-12-23(22)31(25(21)26(28)30)24(18-28)27(32)35-4-2/h5-7,9-12,17-18,26,29H,3-4,8,13-16H2,1-2H3/t26-,28+/m1/s1. The fraction of sp³-hybridized carbons (Fsp3) is 0.393. The van der Waals surface area contributed by atoms with Crippen LogP contribution in [0, 0.1) is 5.41 Å². The van der Waals surface area contributed by atoms with Crippen molar-refractivity contribution in [3.63, 3.8) is 0 Å². The Morgan fingerprint density at radius 1 is 1.14 bits per heavy atom. The zero-order valence-electron chi connectivity index (χ0n) is 20.7. The van der Waals surface area contributed by atoms with Gasteiger partial charge in [0.2, 0.25) is 0 Å². The van der Waals surface area contributed by atoms with E-state index in [0.717, 1.165) is 60.9 Å². The number of ether oxygens (including phenoxy) is 1. The largest absolute Gasteiger partial charge is 0.461 e. The number of carbonyl (C=O) groups is 1. The number of anilines is 1. The fourth-order valence-corrected chi connectivity index (χ4v) is 7.63. The van der Waals surface area contributed by atoms with Gasteiger partial charge in [0.1, 0.15) is 5.70 Å². The molecule has 1 fully saturated rings. The number of aromatic nitrogens is 1. The molecule has 3 aromatic rings. The molecule has 4 heterocycles. The molecule has 1 N–H and O–H groups in total. The van der Waals surface area contributed by atoms with E-state index in [4.69, 9.17) is 4.74 Å². The van der Waals surface area contributed by atoms with E-state index in [0.29, 0.717) is 18.0 Å². The number of fused-ring (bicyclic) bond motifs is 3. The average Bonchev–Trinajstić information content (AvgIpc) is 3.22. The van der Waals surface area contributed by atoms with Gasteiger partial charge in [-0.25, -0.2) is 13.2 Å². The molecule has 7 nitrogen and oxygen atoms in total. The molecule has 0 bridgehead atoms. The topological polar surface area (TPSA) is 80.6 Å². The number of piperidine rings is 1. The number of esters is 1. The number of sulfonamides is 1. The first-order valence-electron chi connectivity index (χ1n) is 12.8. The van der Waals surface area contributed by atoms with Gasteiger partial charge in [-0.3, -0.25) is 9.62 Å². The van der Waals surface area contributed by atoms with E-state index >= 15 is 0 Å². The molecule has 3 aliphatic rings. The number of rotatable bonds is 6. The van der Waals surface area contributed by atoms with Gasteiger partial charge in [0.25, 0.3) is 10.0 Å². The third-order valence-electron chi connectivity index (χ3n) is 8.13. The quantitative estimate of drug-likeness (QED) is 0.480. The van der Waals surface area contributed by atoms with Gasteiger partial charge in [-0.1, -0.05) is 25.1 Å². The summed E-state index contributed by atoms with van der Waals surface area (Å²) in [4.78, 5) is 16.0. The summed E-state index contributed by atoms with van der Waals surface area (Å²) in [5, 5.41) is 0.897. The minimum absolute atomic E-state index is 0.135. The summed E-state index contributed by atoms with van der Waals surface area (Å²) < 4.78 is 36.8. The van der Waals surface area contributed by atoms with E-state index in [-0.39, 0.29) is 22.3 Å². The summed E-state index contributed by atoms with van der Waals surface area (Å²) in [5.74, 6) is -0.325. The molecule has 3 aliphatic heterocycles. The third-order valence-corrected chi connectivity index (χ3v) is 9.51. The van der Waals surface area contributed by atoms with Crippen LogP contribution in [0.4, 0.5) is 5.69 Å². The summed E-state index contributed by atoms with van der Waals surface area (Å²) >= 11 is 0. The molecule has 1 aromatic heterocycles. The second-order valence-electron chi connectivity index (χ2n) is 9.98. The minimum Gasteiger partial charge on any atom is -0.461 e. The van der Waals surface area contributed by atoms with Crippen molar-refractivity contribution in [3.8, 4) is 0 Å². The van der Waals surface area contributed by atoms with Gasteiger partial charge in [-0.15, -0.1) is 0 Å². The SMILES string of the molecule is CCOC(=O)C1=C[C@]2(CC)CCCN3CCc4c(n1c1ccc(S(=O)(=O)Nc5ccccc5)cc41)[C@@H]32. The van der Waals surface area contributed by atoms with Crippen LogP contribution in [0.3, 0.4) is 0 Å². The number of hydrogen-bond acceptors (Lipinski definition) is 5. The second kappa shape index (κ2) is 8.49. The van der Waals surface area contributed by atoms with Gasteiger partial charge in [-0.05, 0) is 81.1 Å². The number of nitrogens with one attached hydrogen (secondary N) is 1. The molecule has 36 heavy (non-hydrogen) atoms. The predicted octanol–water partition coefficient (Wildman–Crippen LogP) is 4.95. The Balaban J connectivity index is 1.55. The van der Waals surface area contributed by atoms with Crippen molar-refractivity contribution < 1.29 is 17.9 Å². The third kappa shape index (κ3) is 3.42. The van der Waals surface area contributed by atoms with Crippen LogP contribution in [0.5, 0.6) is 0 Å². The number of para-hydroxylation sites is 1. The highest BCUT2D eigenvalue weighted by atomic mass is 32.2. The summed E-state index contributed by atoms with van der Waals surface area (Å²) in [6.07, 6.45) is 6.03. The molecule has 6 rings (SSSR count). The highest BCUT2D eigenvalue weighted by Crippen LogP contribution is 2.57. The van der Waals surface area contributed by atoms with Crippen molar-refractivity contribution in [1.82, 2.24) is 9.47 Å². The molecule has 2 atom stereocenters. The molecule has 0 spiro atoms. The summed E-state index contributed by atoms with van der Waals surface area (Å²) in [7, 11) is -3.77. The normalized spacial score (nSPS) is 23.2. The second-order valence-corrected chi connectivity index (χ2v) is 11.7. The molecule has 0 unspecified atom stereocenters. The first kappa shape index (κ1) is 23.3. The summed E-state index contributed by atoms with van der Waals surface area (Å²) in [5.41, 5.74) is 4.08. The zero-order valence-corrected chi connectivity index (χ0v) is 21.5. The maximum Gasteiger partial charge on any atom is 0.354 e. The molecule has 0 aliphatic carbocycles. The van der Waals surface area contributed by atoms with Gasteiger partial charge in [-0.2, -0.15) is 0 Å². The van der Waals surface area contributed by atoms with E-state index in [1.165, 1.54) is 0 Å². The van der Waals surface area contributed by atoms with Crippen LogP contribution < -0.4 is 4.72 Å².